The van der Waals surface area contributed by atoms with Crippen LogP contribution in [0.4, 0.5) is 0 Å². The maximum Gasteiger partial charge on any atom is 0.283 e. The van der Waals surface area contributed by atoms with E-state index in [1.165, 1.54) is 23.1 Å². The van der Waals surface area contributed by atoms with Crippen LogP contribution in [0.25, 0.3) is 21.0 Å². The third-order valence-electron chi connectivity index (χ3n) is 3.03. The fourth-order valence-electron chi connectivity index (χ4n) is 1.97. The van der Waals surface area contributed by atoms with E-state index in [0.717, 1.165) is 32.4 Å². The smallest absolute Gasteiger partial charge is 0.283 e. The van der Waals surface area contributed by atoms with Gasteiger partial charge in [0, 0.05) is 11.8 Å². The summed E-state index contributed by atoms with van der Waals surface area (Å²) >= 11 is 10.3. The van der Waals surface area contributed by atoms with Gasteiger partial charge in [-0.05, 0) is 35.3 Å². The first kappa shape index (κ1) is 15.1. The largest absolute Gasteiger partial charge is 0.410 e. The maximum atomic E-state index is 5.94. The van der Waals surface area contributed by atoms with Crippen LogP contribution in [0.15, 0.2) is 38.2 Å². The third-order valence-corrected chi connectivity index (χ3v) is 5.90. The quantitative estimate of drug-likeness (QED) is 0.455. The molecule has 4 aromatic rings. The number of hydrogen-bond acceptors (Lipinski definition) is 8. The number of nitrogens with zero attached hydrogens (tertiary/aromatic N) is 4. The summed E-state index contributed by atoms with van der Waals surface area (Å²) in [6, 6.07) is 5.69. The normalized spacial score (nSPS) is 11.4. The number of hydrogen-bond donors (Lipinski definition) is 0. The number of rotatable bonds is 4. The van der Waals surface area contributed by atoms with Crippen LogP contribution >= 0.6 is 46.0 Å². The molecule has 0 saturated heterocycles. The molecule has 0 aliphatic carbocycles. The summed E-state index contributed by atoms with van der Waals surface area (Å²) in [6.45, 7) is 2.04. The summed E-state index contributed by atoms with van der Waals surface area (Å²) in [4.78, 5) is 10.9. The van der Waals surface area contributed by atoms with Gasteiger partial charge >= 0.3 is 0 Å². The topological polar surface area (TPSA) is 64.7 Å². The molecule has 116 valence electrons. The summed E-state index contributed by atoms with van der Waals surface area (Å²) < 4.78 is 6.41. The molecule has 0 atom stereocenters. The van der Waals surface area contributed by atoms with Crippen molar-refractivity contribution in [3.05, 3.63) is 33.7 Å². The molecule has 0 bridgehead atoms. The summed E-state index contributed by atoms with van der Waals surface area (Å²) in [5.41, 5.74) is 0. The number of aryl methyl sites for hydroxylation is 1. The Labute approximate surface area is 148 Å². The molecule has 0 amide bonds. The van der Waals surface area contributed by atoms with Gasteiger partial charge in [-0.25, -0.2) is 9.97 Å². The van der Waals surface area contributed by atoms with Crippen molar-refractivity contribution in [2.75, 3.05) is 0 Å². The van der Waals surface area contributed by atoms with Gasteiger partial charge in [-0.3, -0.25) is 0 Å². The maximum absolute atomic E-state index is 5.94. The van der Waals surface area contributed by atoms with Crippen LogP contribution in [0.5, 0.6) is 0 Å². The number of fused-ring (bicyclic) bond motifs is 1. The lowest BCUT2D eigenvalue weighted by Crippen LogP contribution is -1.94. The zero-order valence-electron chi connectivity index (χ0n) is 11.8. The molecule has 0 unspecified atom stereocenters. The van der Waals surface area contributed by atoms with E-state index in [1.54, 1.807) is 11.3 Å². The second kappa shape index (κ2) is 6.20. The molecule has 0 aromatic carbocycles. The van der Waals surface area contributed by atoms with E-state index in [-0.39, 0.29) is 0 Å². The average molecular weight is 381 g/mol. The summed E-state index contributed by atoms with van der Waals surface area (Å²) in [5, 5.41) is 12.5. The second-order valence-corrected chi connectivity index (χ2v) is 8.07. The van der Waals surface area contributed by atoms with Gasteiger partial charge in [-0.1, -0.05) is 18.5 Å². The van der Waals surface area contributed by atoms with E-state index in [0.29, 0.717) is 15.4 Å². The Morgan fingerprint density at radius 3 is 2.91 bits per heavy atom. The Kier molecular flexibility index (Phi) is 4.06. The Balaban J connectivity index is 1.68. The molecule has 5 nitrogen and oxygen atoms in total. The molecule has 0 aliphatic heterocycles. The second-order valence-electron chi connectivity index (χ2n) is 4.52. The number of thiophene rings is 2. The van der Waals surface area contributed by atoms with Gasteiger partial charge in [0.2, 0.25) is 0 Å². The highest BCUT2D eigenvalue weighted by molar-refractivity contribution is 7.99. The van der Waals surface area contributed by atoms with Crippen LogP contribution in [0.1, 0.15) is 12.7 Å². The number of aromatic nitrogens is 4. The fourth-order valence-corrected chi connectivity index (χ4v) is 4.57. The standard InChI is InChI=1S/C14H9ClN4OS3/c1-2-10-16-12-7(5-6-21-12)13(17-10)23-14-19-18-11(20-14)8-3-4-9(15)22-8/h3-6H,2H2,1H3. The molecular formula is C14H9ClN4OS3. The van der Waals surface area contributed by atoms with E-state index < -0.39 is 0 Å². The lowest BCUT2D eigenvalue weighted by Gasteiger charge is -2.01. The monoisotopic (exact) mass is 380 g/mol. The molecule has 4 heterocycles. The van der Waals surface area contributed by atoms with Gasteiger partial charge in [-0.2, -0.15) is 0 Å². The van der Waals surface area contributed by atoms with E-state index in [1.807, 2.05) is 30.5 Å². The zero-order chi connectivity index (χ0) is 15.8. The summed E-state index contributed by atoms with van der Waals surface area (Å²) in [5.74, 6) is 1.28. The highest BCUT2D eigenvalue weighted by Gasteiger charge is 2.15. The van der Waals surface area contributed by atoms with E-state index >= 15 is 0 Å². The molecule has 0 fully saturated rings. The first-order chi connectivity index (χ1) is 11.2. The molecule has 23 heavy (non-hydrogen) atoms. The number of halogens is 1. The minimum Gasteiger partial charge on any atom is -0.410 e. The Morgan fingerprint density at radius 2 is 2.13 bits per heavy atom. The van der Waals surface area contributed by atoms with Crippen molar-refractivity contribution in [2.24, 2.45) is 0 Å². The van der Waals surface area contributed by atoms with Crippen molar-refractivity contribution in [1.82, 2.24) is 20.2 Å². The van der Waals surface area contributed by atoms with E-state index in [9.17, 15) is 0 Å². The molecule has 0 spiro atoms. The molecule has 4 rings (SSSR count). The fraction of sp³-hybridized carbons (Fsp3) is 0.143. The van der Waals surface area contributed by atoms with Gasteiger partial charge in [0.15, 0.2) is 0 Å². The van der Waals surface area contributed by atoms with Crippen LogP contribution in [0.3, 0.4) is 0 Å². The Hall–Kier alpha value is -1.48. The molecule has 9 heteroatoms. The van der Waals surface area contributed by atoms with Crippen LogP contribution in [-0.2, 0) is 6.42 Å². The van der Waals surface area contributed by atoms with Crippen molar-refractivity contribution in [1.29, 1.82) is 0 Å². The van der Waals surface area contributed by atoms with Crippen molar-refractivity contribution in [3.8, 4) is 10.8 Å². The lowest BCUT2D eigenvalue weighted by atomic mass is 10.4. The molecule has 0 saturated carbocycles. The molecule has 0 N–H and O–H groups in total. The van der Waals surface area contributed by atoms with Gasteiger partial charge < -0.3 is 4.42 Å². The van der Waals surface area contributed by atoms with E-state index in [2.05, 4.69) is 20.2 Å². The first-order valence-corrected chi connectivity index (χ1v) is 9.63. The van der Waals surface area contributed by atoms with Gasteiger partial charge in [0.25, 0.3) is 11.1 Å². The van der Waals surface area contributed by atoms with Crippen LogP contribution in [0, 0.1) is 0 Å². The van der Waals surface area contributed by atoms with E-state index in [4.69, 9.17) is 16.0 Å². The minimum absolute atomic E-state index is 0.456. The zero-order valence-corrected chi connectivity index (χ0v) is 15.0. The van der Waals surface area contributed by atoms with Crippen molar-refractivity contribution < 1.29 is 4.42 Å². The van der Waals surface area contributed by atoms with Crippen LogP contribution < -0.4 is 0 Å². The Morgan fingerprint density at radius 1 is 1.22 bits per heavy atom. The van der Waals surface area contributed by atoms with Crippen LogP contribution in [-0.4, -0.2) is 20.2 Å². The third kappa shape index (κ3) is 2.99. The van der Waals surface area contributed by atoms with Gasteiger partial charge in [0.05, 0.1) is 9.21 Å². The highest BCUT2D eigenvalue weighted by atomic mass is 35.5. The van der Waals surface area contributed by atoms with Crippen LogP contribution in [0.2, 0.25) is 4.34 Å². The van der Waals surface area contributed by atoms with Gasteiger partial charge in [-0.15, -0.1) is 32.9 Å². The predicted molar refractivity (Wildman–Crippen MR) is 93.5 cm³/mol. The molecule has 4 aromatic heterocycles. The first-order valence-electron chi connectivity index (χ1n) is 6.74. The average Bonchev–Trinajstić information content (AvgIpc) is 3.26. The molecule has 0 radical (unpaired) electrons. The summed E-state index contributed by atoms with van der Waals surface area (Å²) in [6.07, 6.45) is 0.782. The minimum atomic E-state index is 0.456. The molecule has 0 aliphatic rings. The van der Waals surface area contributed by atoms with Crippen molar-refractivity contribution in [3.63, 3.8) is 0 Å². The molecular weight excluding hydrogens is 372 g/mol. The SMILES string of the molecule is CCc1nc(Sc2nnc(-c3ccc(Cl)s3)o2)c2ccsc2n1. The predicted octanol–water partition coefficient (Wildman–Crippen LogP) is 5.17. The summed E-state index contributed by atoms with van der Waals surface area (Å²) in [7, 11) is 0. The highest BCUT2D eigenvalue weighted by Crippen LogP contribution is 2.36. The lowest BCUT2D eigenvalue weighted by molar-refractivity contribution is 0.466. The van der Waals surface area contributed by atoms with Gasteiger partial charge in [0.1, 0.15) is 15.7 Å². The van der Waals surface area contributed by atoms with Crippen molar-refractivity contribution in [2.45, 2.75) is 23.6 Å². The van der Waals surface area contributed by atoms with Crippen molar-refractivity contribution >= 4 is 56.3 Å². The Bertz CT molecular complexity index is 977.